The summed E-state index contributed by atoms with van der Waals surface area (Å²) in [6, 6.07) is 0.433. The van der Waals surface area contributed by atoms with Crippen molar-refractivity contribution in [2.45, 2.75) is 44.8 Å². The lowest BCUT2D eigenvalue weighted by atomic mass is 10.0. The predicted octanol–water partition coefficient (Wildman–Crippen LogP) is 3.52. The molecule has 3 rings (SSSR count). The van der Waals surface area contributed by atoms with Crippen LogP contribution < -0.4 is 5.32 Å². The molecule has 2 aromatic rings. The maximum absolute atomic E-state index is 14.4. The molecule has 1 fully saturated rings. The summed E-state index contributed by atoms with van der Waals surface area (Å²) in [5.41, 5.74) is -0.485. The average molecular weight is 458 g/mol. The Hall–Kier alpha value is -2.82. The molecule has 1 aliphatic heterocycles. The van der Waals surface area contributed by atoms with Crippen LogP contribution >= 0.6 is 11.6 Å². The number of carbonyl (C=O) groups excluding carboxylic acids is 2. The van der Waals surface area contributed by atoms with E-state index in [0.717, 1.165) is 4.90 Å². The van der Waals surface area contributed by atoms with Crippen LogP contribution in [0.15, 0.2) is 12.4 Å². The van der Waals surface area contributed by atoms with E-state index in [4.69, 9.17) is 21.1 Å². The summed E-state index contributed by atoms with van der Waals surface area (Å²) in [5, 5.41) is 2.87. The zero-order chi connectivity index (χ0) is 23.0. The lowest BCUT2D eigenvalue weighted by Gasteiger charge is -2.38. The van der Waals surface area contributed by atoms with Gasteiger partial charge >= 0.3 is 12.1 Å². The van der Waals surface area contributed by atoms with E-state index in [9.17, 15) is 18.4 Å². The number of halogens is 3. The molecule has 168 valence electrons. The van der Waals surface area contributed by atoms with Gasteiger partial charge in [0.2, 0.25) is 0 Å². The number of hydrogen-bond acceptors (Lipinski definition) is 8. The maximum atomic E-state index is 14.4. The molecule has 0 bridgehead atoms. The molecule has 0 unspecified atom stereocenters. The molecular weight excluding hydrogens is 436 g/mol. The third-order valence-corrected chi connectivity index (χ3v) is 4.56. The number of amides is 1. The third-order valence-electron chi connectivity index (χ3n) is 4.37. The van der Waals surface area contributed by atoms with Crippen molar-refractivity contribution in [3.63, 3.8) is 0 Å². The molecule has 3 heterocycles. The fourth-order valence-electron chi connectivity index (χ4n) is 3.23. The smallest absolute Gasteiger partial charge is 0.410 e. The van der Waals surface area contributed by atoms with E-state index in [1.165, 1.54) is 19.5 Å². The number of carbonyl (C=O) groups is 2. The van der Waals surface area contributed by atoms with Gasteiger partial charge in [0.25, 0.3) is 5.92 Å². The predicted molar refractivity (Wildman–Crippen MR) is 108 cm³/mol. The summed E-state index contributed by atoms with van der Waals surface area (Å²) < 4.78 is 38.7. The molecule has 2 aromatic heterocycles. The second kappa shape index (κ2) is 8.37. The lowest BCUT2D eigenvalue weighted by Crippen LogP contribution is -2.54. The van der Waals surface area contributed by atoms with Crippen molar-refractivity contribution in [3.05, 3.63) is 23.1 Å². The molecule has 12 heteroatoms. The molecule has 1 saturated heterocycles. The Morgan fingerprint density at radius 1 is 1.29 bits per heavy atom. The molecule has 0 saturated carbocycles. The molecule has 0 aromatic carbocycles. The number of hydrogen-bond donors (Lipinski definition) is 1. The van der Waals surface area contributed by atoms with E-state index < -0.39 is 42.6 Å². The van der Waals surface area contributed by atoms with Gasteiger partial charge in [-0.25, -0.2) is 33.3 Å². The Kier molecular flexibility index (Phi) is 6.17. The third kappa shape index (κ3) is 5.46. The van der Waals surface area contributed by atoms with Gasteiger partial charge in [0, 0.05) is 13.0 Å². The molecule has 1 N–H and O–H groups in total. The van der Waals surface area contributed by atoms with Crippen LogP contribution in [0.2, 0.25) is 5.15 Å². The molecule has 0 spiro atoms. The highest BCUT2D eigenvalue weighted by atomic mass is 35.5. The number of fused-ring (bicyclic) bond motifs is 1. The maximum Gasteiger partial charge on any atom is 0.410 e. The summed E-state index contributed by atoms with van der Waals surface area (Å²) in [6.07, 6.45) is -0.206. The summed E-state index contributed by atoms with van der Waals surface area (Å²) >= 11 is 6.02. The van der Waals surface area contributed by atoms with Crippen molar-refractivity contribution in [2.24, 2.45) is 0 Å². The van der Waals surface area contributed by atoms with Crippen LogP contribution in [-0.4, -0.2) is 69.7 Å². The van der Waals surface area contributed by atoms with Crippen molar-refractivity contribution in [1.29, 1.82) is 0 Å². The minimum Gasteiger partial charge on any atom is -0.465 e. The number of aromatic nitrogens is 3. The molecule has 9 nitrogen and oxygen atoms in total. The standard InChI is InChI=1S/C19H22ClF2N5O4/c1-18(2,3)31-17(29)27-7-10(6-19(21,22)8-27)25-15-14-13(23-9-24-15)11(16(28)30-4)5-12(20)26-14/h5,9-10H,6-8H2,1-4H3,(H,23,24,25)/t10-/m0/s1. The van der Waals surface area contributed by atoms with E-state index >= 15 is 0 Å². The number of piperidine rings is 1. The number of ether oxygens (including phenoxy) is 2. The lowest BCUT2D eigenvalue weighted by molar-refractivity contribution is -0.0722. The number of rotatable bonds is 3. The molecule has 0 radical (unpaired) electrons. The van der Waals surface area contributed by atoms with Crippen molar-refractivity contribution in [3.8, 4) is 0 Å². The molecule has 1 amide bonds. The molecular formula is C19H22ClF2N5O4. The van der Waals surface area contributed by atoms with E-state index in [1.807, 2.05) is 0 Å². The van der Waals surface area contributed by atoms with Crippen LogP contribution in [0.25, 0.3) is 11.0 Å². The van der Waals surface area contributed by atoms with E-state index in [-0.39, 0.29) is 34.1 Å². The number of esters is 1. The van der Waals surface area contributed by atoms with Crippen molar-refractivity contribution >= 4 is 40.5 Å². The zero-order valence-corrected chi connectivity index (χ0v) is 18.2. The van der Waals surface area contributed by atoms with Crippen molar-refractivity contribution in [2.75, 3.05) is 25.5 Å². The monoisotopic (exact) mass is 457 g/mol. The van der Waals surface area contributed by atoms with Gasteiger partial charge in [-0.2, -0.15) is 0 Å². The minimum atomic E-state index is -3.14. The normalized spacial score (nSPS) is 18.5. The van der Waals surface area contributed by atoms with Crippen LogP contribution in [0, 0.1) is 0 Å². The molecule has 31 heavy (non-hydrogen) atoms. The first-order chi connectivity index (χ1) is 14.4. The largest absolute Gasteiger partial charge is 0.465 e. The highest BCUT2D eigenvalue weighted by Gasteiger charge is 2.43. The van der Waals surface area contributed by atoms with Gasteiger partial charge in [-0.1, -0.05) is 11.6 Å². The quantitative estimate of drug-likeness (QED) is 0.551. The summed E-state index contributed by atoms with van der Waals surface area (Å²) in [7, 11) is 1.21. The Balaban J connectivity index is 1.91. The van der Waals surface area contributed by atoms with Crippen LogP contribution in [0.4, 0.5) is 19.4 Å². The van der Waals surface area contributed by atoms with E-state index in [1.54, 1.807) is 20.8 Å². The van der Waals surface area contributed by atoms with Gasteiger partial charge in [-0.15, -0.1) is 0 Å². The molecule has 1 atom stereocenters. The Bertz CT molecular complexity index is 1010. The minimum absolute atomic E-state index is 0.0184. The first kappa shape index (κ1) is 22.9. The van der Waals surface area contributed by atoms with Crippen molar-refractivity contribution in [1.82, 2.24) is 19.9 Å². The highest BCUT2D eigenvalue weighted by Crippen LogP contribution is 2.31. The number of nitrogens with one attached hydrogen (secondary N) is 1. The number of nitrogens with zero attached hydrogens (tertiary/aromatic N) is 4. The Morgan fingerprint density at radius 3 is 2.65 bits per heavy atom. The van der Waals surface area contributed by atoms with Crippen LogP contribution in [-0.2, 0) is 9.47 Å². The van der Waals surface area contributed by atoms with Gasteiger partial charge in [0.15, 0.2) is 5.82 Å². The van der Waals surface area contributed by atoms with Crippen LogP contribution in [0.3, 0.4) is 0 Å². The Labute approximate surface area is 182 Å². The molecule has 1 aliphatic rings. The SMILES string of the molecule is COC(=O)c1cc(Cl)nc2c(N[C@@H]3CN(C(=O)OC(C)(C)C)CC(F)(F)C3)ncnc12. The van der Waals surface area contributed by atoms with Gasteiger partial charge in [0.05, 0.1) is 25.3 Å². The number of methoxy groups -OCH3 is 1. The number of pyridine rings is 1. The first-order valence-electron chi connectivity index (χ1n) is 9.40. The molecule has 0 aliphatic carbocycles. The fraction of sp³-hybridized carbons (Fsp3) is 0.526. The number of alkyl halides is 2. The second-order valence-electron chi connectivity index (χ2n) is 8.17. The number of anilines is 1. The zero-order valence-electron chi connectivity index (χ0n) is 17.4. The fourth-order valence-corrected chi connectivity index (χ4v) is 3.43. The summed E-state index contributed by atoms with van der Waals surface area (Å²) in [6.45, 7) is 4.18. The van der Waals surface area contributed by atoms with Gasteiger partial charge < -0.3 is 19.7 Å². The van der Waals surface area contributed by atoms with Gasteiger partial charge in [0.1, 0.15) is 28.1 Å². The van der Waals surface area contributed by atoms with Crippen LogP contribution in [0.5, 0.6) is 0 Å². The van der Waals surface area contributed by atoms with E-state index in [0.29, 0.717) is 0 Å². The summed E-state index contributed by atoms with van der Waals surface area (Å²) in [4.78, 5) is 37.6. The topological polar surface area (TPSA) is 107 Å². The highest BCUT2D eigenvalue weighted by molar-refractivity contribution is 6.30. The van der Waals surface area contributed by atoms with Gasteiger partial charge in [-0.3, -0.25) is 0 Å². The first-order valence-corrected chi connectivity index (χ1v) is 9.78. The summed E-state index contributed by atoms with van der Waals surface area (Å²) in [5.74, 6) is -3.72. The van der Waals surface area contributed by atoms with Crippen LogP contribution in [0.1, 0.15) is 37.6 Å². The average Bonchev–Trinajstić information content (AvgIpc) is 2.64. The van der Waals surface area contributed by atoms with Crippen molar-refractivity contribution < 1.29 is 27.8 Å². The van der Waals surface area contributed by atoms with E-state index in [2.05, 4.69) is 20.3 Å². The van der Waals surface area contributed by atoms with Gasteiger partial charge in [-0.05, 0) is 26.8 Å². The Morgan fingerprint density at radius 2 is 2.00 bits per heavy atom. The number of likely N-dealkylation sites (tertiary alicyclic amines) is 1. The second-order valence-corrected chi connectivity index (χ2v) is 8.55.